The van der Waals surface area contributed by atoms with Gasteiger partial charge in [-0.25, -0.2) is 4.79 Å². The minimum absolute atomic E-state index is 0.0952. The normalized spacial score (nSPS) is 19.9. The van der Waals surface area contributed by atoms with Gasteiger partial charge in [0.15, 0.2) is 0 Å². The molecule has 0 spiro atoms. The molecule has 1 heterocycles. The van der Waals surface area contributed by atoms with E-state index in [9.17, 15) is 19.5 Å². The highest BCUT2D eigenvalue weighted by Crippen LogP contribution is 2.30. The number of rotatable bonds is 3. The van der Waals surface area contributed by atoms with Crippen molar-refractivity contribution in [3.05, 3.63) is 29.3 Å². The minimum Gasteiger partial charge on any atom is -0.481 e. The third-order valence-electron chi connectivity index (χ3n) is 4.39. The second-order valence-electron chi connectivity index (χ2n) is 6.70. The molecule has 1 unspecified atom stereocenters. The smallest absolute Gasteiger partial charge is 0.321 e. The van der Waals surface area contributed by atoms with Crippen molar-refractivity contribution in [2.45, 2.75) is 20.3 Å². The first kappa shape index (κ1) is 17.8. The number of nitrogens with one attached hydrogen (secondary N) is 1. The molecule has 3 amide bonds. The van der Waals surface area contributed by atoms with E-state index in [1.807, 2.05) is 6.92 Å². The first-order valence-electron chi connectivity index (χ1n) is 7.76. The zero-order valence-corrected chi connectivity index (χ0v) is 14.4. The van der Waals surface area contributed by atoms with Crippen molar-refractivity contribution in [3.8, 4) is 0 Å². The quantitative estimate of drug-likeness (QED) is 0.885. The fourth-order valence-electron chi connectivity index (χ4n) is 2.73. The van der Waals surface area contributed by atoms with Crippen molar-refractivity contribution in [1.29, 1.82) is 0 Å². The molecule has 0 bridgehead atoms. The molecular formula is C17H23N3O4. The summed E-state index contributed by atoms with van der Waals surface area (Å²) in [6, 6.07) is 4.76. The number of amides is 3. The summed E-state index contributed by atoms with van der Waals surface area (Å²) in [5.41, 5.74) is 1.03. The van der Waals surface area contributed by atoms with E-state index in [1.165, 1.54) is 9.80 Å². The molecule has 1 aromatic carbocycles. The minimum atomic E-state index is -0.894. The van der Waals surface area contributed by atoms with Crippen LogP contribution in [0.2, 0.25) is 0 Å². The van der Waals surface area contributed by atoms with Gasteiger partial charge in [0.05, 0.1) is 5.41 Å². The number of carboxylic acids is 1. The second-order valence-corrected chi connectivity index (χ2v) is 6.70. The Morgan fingerprint density at radius 2 is 1.96 bits per heavy atom. The highest BCUT2D eigenvalue weighted by molar-refractivity contribution is 5.97. The Kier molecular flexibility index (Phi) is 4.82. The van der Waals surface area contributed by atoms with Crippen LogP contribution in [0.15, 0.2) is 18.2 Å². The lowest BCUT2D eigenvalue weighted by molar-refractivity contribution is -0.146. The molecule has 0 radical (unpaired) electrons. The summed E-state index contributed by atoms with van der Waals surface area (Å²) >= 11 is 0. The Hall–Kier alpha value is -2.57. The van der Waals surface area contributed by atoms with Crippen LogP contribution in [0.3, 0.4) is 0 Å². The van der Waals surface area contributed by atoms with Crippen molar-refractivity contribution in [2.24, 2.45) is 5.41 Å². The molecule has 1 aliphatic heterocycles. The van der Waals surface area contributed by atoms with Gasteiger partial charge < -0.3 is 20.2 Å². The number of carboxylic acid groups (broad SMARTS) is 1. The van der Waals surface area contributed by atoms with Crippen molar-refractivity contribution in [3.63, 3.8) is 0 Å². The fourth-order valence-corrected chi connectivity index (χ4v) is 2.73. The molecule has 0 aliphatic carbocycles. The number of benzene rings is 1. The number of likely N-dealkylation sites (tertiary alicyclic amines) is 1. The molecule has 2 N–H and O–H groups in total. The highest BCUT2D eigenvalue weighted by atomic mass is 16.4. The SMILES string of the molecule is Cc1cc(NC(=O)N2CCC(C)(C(=O)O)C2)ccc1C(=O)N(C)C. The maximum Gasteiger partial charge on any atom is 0.321 e. The summed E-state index contributed by atoms with van der Waals surface area (Å²) in [6.45, 7) is 4.05. The molecule has 0 aromatic heterocycles. The molecule has 7 heteroatoms. The van der Waals surface area contributed by atoms with E-state index in [-0.39, 0.29) is 18.5 Å². The zero-order valence-electron chi connectivity index (χ0n) is 14.4. The Morgan fingerprint density at radius 3 is 2.46 bits per heavy atom. The molecular weight excluding hydrogens is 310 g/mol. The Morgan fingerprint density at radius 1 is 1.29 bits per heavy atom. The van der Waals surface area contributed by atoms with Gasteiger partial charge in [0.2, 0.25) is 0 Å². The van der Waals surface area contributed by atoms with E-state index in [0.29, 0.717) is 24.2 Å². The van der Waals surface area contributed by atoms with Crippen LogP contribution in [0, 0.1) is 12.3 Å². The van der Waals surface area contributed by atoms with Crippen LogP contribution in [0.5, 0.6) is 0 Å². The third kappa shape index (κ3) is 3.50. The summed E-state index contributed by atoms with van der Waals surface area (Å²) in [7, 11) is 3.37. The lowest BCUT2D eigenvalue weighted by atomic mass is 9.90. The van der Waals surface area contributed by atoms with Gasteiger partial charge in [0.25, 0.3) is 5.91 Å². The van der Waals surface area contributed by atoms with E-state index >= 15 is 0 Å². The van der Waals surface area contributed by atoms with Crippen molar-refractivity contribution in [2.75, 3.05) is 32.5 Å². The summed E-state index contributed by atoms with van der Waals surface area (Å²) in [6.07, 6.45) is 0.436. The standard InChI is InChI=1S/C17H23N3O4/c1-11-9-12(5-6-13(11)14(21)19(3)4)18-16(24)20-8-7-17(2,10-20)15(22)23/h5-6,9H,7-8,10H2,1-4H3,(H,18,24)(H,22,23). The third-order valence-corrected chi connectivity index (χ3v) is 4.39. The Bertz CT molecular complexity index is 686. The van der Waals surface area contributed by atoms with Gasteiger partial charge in [-0.15, -0.1) is 0 Å². The number of nitrogens with zero attached hydrogens (tertiary/aromatic N) is 2. The van der Waals surface area contributed by atoms with Gasteiger partial charge in [0, 0.05) is 38.4 Å². The number of carbonyl (C=O) groups is 3. The summed E-state index contributed by atoms with van der Waals surface area (Å²) in [5.74, 6) is -0.984. The lowest BCUT2D eigenvalue weighted by Gasteiger charge is -2.21. The number of aliphatic carboxylic acids is 1. The Balaban J connectivity index is 2.07. The first-order valence-corrected chi connectivity index (χ1v) is 7.76. The molecule has 1 atom stereocenters. The number of urea groups is 1. The van der Waals surface area contributed by atoms with E-state index in [2.05, 4.69) is 5.32 Å². The predicted molar refractivity (Wildman–Crippen MR) is 90.1 cm³/mol. The molecule has 1 saturated heterocycles. The van der Waals surface area contributed by atoms with Crippen LogP contribution in [0.25, 0.3) is 0 Å². The van der Waals surface area contributed by atoms with Gasteiger partial charge in [-0.1, -0.05) is 0 Å². The van der Waals surface area contributed by atoms with Gasteiger partial charge in [-0.3, -0.25) is 9.59 Å². The summed E-state index contributed by atoms with van der Waals surface area (Å²) in [4.78, 5) is 38.6. The number of aryl methyl sites for hydroxylation is 1. The van der Waals surface area contributed by atoms with Gasteiger partial charge in [-0.05, 0) is 44.0 Å². The molecule has 1 aromatic rings. The molecule has 7 nitrogen and oxygen atoms in total. The number of carbonyl (C=O) groups excluding carboxylic acids is 2. The zero-order chi connectivity index (χ0) is 18.1. The van der Waals surface area contributed by atoms with Crippen LogP contribution in [-0.2, 0) is 4.79 Å². The lowest BCUT2D eigenvalue weighted by Crippen LogP contribution is -2.37. The van der Waals surface area contributed by atoms with Crippen molar-refractivity contribution in [1.82, 2.24) is 9.80 Å². The molecule has 1 fully saturated rings. The maximum absolute atomic E-state index is 12.3. The van der Waals surface area contributed by atoms with Crippen LogP contribution >= 0.6 is 0 Å². The second kappa shape index (κ2) is 6.51. The average molecular weight is 333 g/mol. The van der Waals surface area contributed by atoms with E-state index in [4.69, 9.17) is 0 Å². The number of hydrogen-bond donors (Lipinski definition) is 2. The first-order chi connectivity index (χ1) is 11.1. The topological polar surface area (TPSA) is 90.0 Å². The predicted octanol–water partition coefficient (Wildman–Crippen LogP) is 2.03. The number of anilines is 1. The molecule has 24 heavy (non-hydrogen) atoms. The van der Waals surface area contributed by atoms with Crippen LogP contribution < -0.4 is 5.32 Å². The fraction of sp³-hybridized carbons (Fsp3) is 0.471. The van der Waals surface area contributed by atoms with Gasteiger partial charge in [-0.2, -0.15) is 0 Å². The Labute approximate surface area is 141 Å². The molecule has 130 valence electrons. The van der Waals surface area contributed by atoms with E-state index in [0.717, 1.165) is 5.56 Å². The maximum atomic E-state index is 12.3. The monoisotopic (exact) mass is 333 g/mol. The van der Waals surface area contributed by atoms with Gasteiger partial charge >= 0.3 is 12.0 Å². The van der Waals surface area contributed by atoms with Crippen molar-refractivity contribution < 1.29 is 19.5 Å². The van der Waals surface area contributed by atoms with Crippen molar-refractivity contribution >= 4 is 23.6 Å². The van der Waals surface area contributed by atoms with Gasteiger partial charge in [0.1, 0.15) is 0 Å². The number of hydrogen-bond acceptors (Lipinski definition) is 3. The average Bonchev–Trinajstić information content (AvgIpc) is 2.91. The molecule has 0 saturated carbocycles. The summed E-state index contributed by atoms with van der Waals surface area (Å²) < 4.78 is 0. The van der Waals surface area contributed by atoms with Crippen LogP contribution in [-0.4, -0.2) is 60.0 Å². The van der Waals surface area contributed by atoms with E-state index < -0.39 is 11.4 Å². The van der Waals surface area contributed by atoms with Crippen LogP contribution in [0.1, 0.15) is 29.3 Å². The summed E-state index contributed by atoms with van der Waals surface area (Å²) in [5, 5.41) is 12.0. The largest absolute Gasteiger partial charge is 0.481 e. The molecule has 2 rings (SSSR count). The molecule has 1 aliphatic rings. The highest BCUT2D eigenvalue weighted by Gasteiger charge is 2.42. The van der Waals surface area contributed by atoms with Crippen LogP contribution in [0.4, 0.5) is 10.5 Å². The van der Waals surface area contributed by atoms with E-state index in [1.54, 1.807) is 39.2 Å².